The number of benzene rings is 1. The van der Waals surface area contributed by atoms with Crippen molar-refractivity contribution in [2.24, 2.45) is 5.73 Å². The van der Waals surface area contributed by atoms with Crippen molar-refractivity contribution in [2.75, 3.05) is 18.1 Å². The average Bonchev–Trinajstić information content (AvgIpc) is 2.74. The van der Waals surface area contributed by atoms with Crippen LogP contribution in [-0.2, 0) is 25.6 Å². The van der Waals surface area contributed by atoms with Crippen molar-refractivity contribution < 1.29 is 29.4 Å². The molecule has 12 heteroatoms. The first kappa shape index (κ1) is 24.8. The molecule has 1 aromatic carbocycles. The molecule has 0 bridgehead atoms. The van der Waals surface area contributed by atoms with Gasteiger partial charge in [-0.2, -0.15) is 0 Å². The number of carboxylic acid groups (broad SMARTS) is 1. The second-order valence-corrected chi connectivity index (χ2v) is 9.51. The predicted octanol–water partition coefficient (Wildman–Crippen LogP) is -0.392. The third kappa shape index (κ3) is 8.67. The van der Waals surface area contributed by atoms with E-state index in [-0.39, 0.29) is 36.6 Å². The SMILES string of the molecule is N[C@@H](Cc1ccc(O)cc1)C(=O)N[C@H]1CSSC[C@@H](C(=O)O)NC(=O)CCCNC1=O. The monoisotopic (exact) mass is 470 g/mol. The van der Waals surface area contributed by atoms with Gasteiger partial charge in [-0.15, -0.1) is 0 Å². The second kappa shape index (κ2) is 12.4. The maximum Gasteiger partial charge on any atom is 0.327 e. The summed E-state index contributed by atoms with van der Waals surface area (Å²) in [7, 11) is 2.42. The van der Waals surface area contributed by atoms with E-state index in [1.54, 1.807) is 12.1 Å². The molecule has 1 aliphatic rings. The lowest BCUT2D eigenvalue weighted by molar-refractivity contribution is -0.141. The third-order valence-corrected chi connectivity index (χ3v) is 6.85. The normalized spacial score (nSPS) is 22.0. The Labute approximate surface area is 187 Å². The number of aromatic hydroxyl groups is 1. The zero-order valence-corrected chi connectivity index (χ0v) is 18.3. The number of phenolic OH excluding ortho intramolecular Hbond substituents is 1. The fraction of sp³-hybridized carbons (Fsp3) is 0.474. The molecule has 1 heterocycles. The number of hydrogen-bond acceptors (Lipinski definition) is 8. The first-order valence-corrected chi connectivity index (χ1v) is 12.1. The highest BCUT2D eigenvalue weighted by molar-refractivity contribution is 8.76. The summed E-state index contributed by atoms with van der Waals surface area (Å²) in [6, 6.07) is 3.55. The number of rotatable bonds is 5. The Morgan fingerprint density at radius 3 is 2.55 bits per heavy atom. The largest absolute Gasteiger partial charge is 0.508 e. The quantitative estimate of drug-likeness (QED) is 0.314. The summed E-state index contributed by atoms with van der Waals surface area (Å²) >= 11 is 0. The van der Waals surface area contributed by atoms with Crippen molar-refractivity contribution in [1.29, 1.82) is 0 Å². The number of carbonyl (C=O) groups excluding carboxylic acids is 3. The fourth-order valence-electron chi connectivity index (χ4n) is 2.70. The number of hydrogen-bond donors (Lipinski definition) is 6. The van der Waals surface area contributed by atoms with Crippen molar-refractivity contribution in [3.8, 4) is 5.75 Å². The van der Waals surface area contributed by atoms with Crippen LogP contribution in [0.2, 0.25) is 0 Å². The summed E-state index contributed by atoms with van der Waals surface area (Å²) < 4.78 is 0. The van der Waals surface area contributed by atoms with Crippen LogP contribution >= 0.6 is 21.6 Å². The number of nitrogens with one attached hydrogen (secondary N) is 3. The Kier molecular flexibility index (Phi) is 9.95. The van der Waals surface area contributed by atoms with E-state index in [0.29, 0.717) is 6.42 Å². The number of nitrogens with two attached hydrogens (primary N) is 1. The third-order valence-electron chi connectivity index (χ3n) is 4.43. The van der Waals surface area contributed by atoms with Crippen LogP contribution in [0.4, 0.5) is 0 Å². The highest BCUT2D eigenvalue weighted by Gasteiger charge is 2.26. The van der Waals surface area contributed by atoms with Crippen molar-refractivity contribution in [3.63, 3.8) is 0 Å². The van der Waals surface area contributed by atoms with Crippen molar-refractivity contribution in [3.05, 3.63) is 29.8 Å². The Hall–Kier alpha value is -2.44. The van der Waals surface area contributed by atoms with E-state index >= 15 is 0 Å². The molecule has 0 saturated carbocycles. The second-order valence-electron chi connectivity index (χ2n) is 6.96. The summed E-state index contributed by atoms with van der Waals surface area (Å²) in [6.45, 7) is 0.216. The highest BCUT2D eigenvalue weighted by atomic mass is 33.1. The first-order chi connectivity index (χ1) is 14.8. The lowest BCUT2D eigenvalue weighted by atomic mass is 10.1. The van der Waals surface area contributed by atoms with Crippen molar-refractivity contribution in [2.45, 2.75) is 37.4 Å². The van der Waals surface area contributed by atoms with E-state index in [2.05, 4.69) is 16.0 Å². The van der Waals surface area contributed by atoms with Crippen LogP contribution in [0.15, 0.2) is 24.3 Å². The van der Waals surface area contributed by atoms with E-state index in [1.165, 1.54) is 33.7 Å². The van der Waals surface area contributed by atoms with E-state index < -0.39 is 41.8 Å². The molecule has 1 fully saturated rings. The Bertz CT molecular complexity index is 792. The van der Waals surface area contributed by atoms with E-state index in [9.17, 15) is 29.4 Å². The summed E-state index contributed by atoms with van der Waals surface area (Å²) in [4.78, 5) is 48.2. The highest BCUT2D eigenvalue weighted by Crippen LogP contribution is 2.23. The number of amides is 3. The van der Waals surface area contributed by atoms with Crippen molar-refractivity contribution in [1.82, 2.24) is 16.0 Å². The summed E-state index contributed by atoms with van der Waals surface area (Å²) in [5.41, 5.74) is 6.74. The smallest absolute Gasteiger partial charge is 0.327 e. The lowest BCUT2D eigenvalue weighted by Gasteiger charge is -2.20. The number of carbonyl (C=O) groups is 4. The van der Waals surface area contributed by atoms with E-state index in [4.69, 9.17) is 5.73 Å². The average molecular weight is 471 g/mol. The van der Waals surface area contributed by atoms with Gasteiger partial charge in [-0.25, -0.2) is 4.79 Å². The Balaban J connectivity index is 1.97. The Morgan fingerprint density at radius 1 is 1.19 bits per heavy atom. The van der Waals surface area contributed by atoms with Gasteiger partial charge in [-0.1, -0.05) is 33.7 Å². The summed E-state index contributed by atoms with van der Waals surface area (Å²) in [5, 5.41) is 26.4. The van der Waals surface area contributed by atoms with Crippen LogP contribution in [0.5, 0.6) is 5.75 Å². The molecule has 1 aromatic rings. The molecule has 7 N–H and O–H groups in total. The number of carboxylic acids is 1. The Morgan fingerprint density at radius 2 is 1.87 bits per heavy atom. The van der Waals surface area contributed by atoms with Gasteiger partial charge in [0.05, 0.1) is 6.04 Å². The van der Waals surface area contributed by atoms with Gasteiger partial charge in [0.25, 0.3) is 0 Å². The summed E-state index contributed by atoms with van der Waals surface area (Å²) in [5.74, 6) is -1.98. The van der Waals surface area contributed by atoms with Gasteiger partial charge in [-0.3, -0.25) is 14.4 Å². The van der Waals surface area contributed by atoms with Gasteiger partial charge in [0.2, 0.25) is 17.7 Å². The molecule has 0 radical (unpaired) electrons. The van der Waals surface area contributed by atoms with Gasteiger partial charge in [0, 0.05) is 24.5 Å². The van der Waals surface area contributed by atoms with Crippen LogP contribution in [0, 0.1) is 0 Å². The molecule has 1 aliphatic heterocycles. The molecule has 2 rings (SSSR count). The molecular weight excluding hydrogens is 444 g/mol. The van der Waals surface area contributed by atoms with Crippen LogP contribution < -0.4 is 21.7 Å². The minimum Gasteiger partial charge on any atom is -0.508 e. The molecule has 0 aromatic heterocycles. The minimum atomic E-state index is -1.13. The van der Waals surface area contributed by atoms with Crippen molar-refractivity contribution >= 4 is 45.3 Å². The van der Waals surface area contributed by atoms with Crippen LogP contribution in [-0.4, -0.2) is 70.1 Å². The molecule has 3 amide bonds. The van der Waals surface area contributed by atoms with Gasteiger partial charge in [0.15, 0.2) is 0 Å². The summed E-state index contributed by atoms with van der Waals surface area (Å²) in [6.07, 6.45) is 0.651. The van der Waals surface area contributed by atoms with Crippen LogP contribution in [0.25, 0.3) is 0 Å². The van der Waals surface area contributed by atoms with Crippen LogP contribution in [0.3, 0.4) is 0 Å². The maximum absolute atomic E-state index is 12.5. The van der Waals surface area contributed by atoms with Gasteiger partial charge < -0.3 is 31.9 Å². The van der Waals surface area contributed by atoms with Gasteiger partial charge in [-0.05, 0) is 30.5 Å². The molecule has 0 spiro atoms. The minimum absolute atomic E-state index is 0.0798. The molecule has 1 saturated heterocycles. The predicted molar refractivity (Wildman–Crippen MR) is 118 cm³/mol. The van der Waals surface area contributed by atoms with E-state index in [1.807, 2.05) is 0 Å². The molecule has 0 unspecified atom stereocenters. The fourth-order valence-corrected chi connectivity index (χ4v) is 5.02. The maximum atomic E-state index is 12.5. The zero-order valence-electron chi connectivity index (χ0n) is 16.7. The molecular formula is C19H26N4O6S2. The molecule has 31 heavy (non-hydrogen) atoms. The molecule has 170 valence electrons. The molecule has 3 atom stereocenters. The first-order valence-electron chi connectivity index (χ1n) is 9.64. The zero-order chi connectivity index (χ0) is 22.8. The van der Waals surface area contributed by atoms with E-state index in [0.717, 1.165) is 5.56 Å². The van der Waals surface area contributed by atoms with Gasteiger partial charge >= 0.3 is 5.97 Å². The topological polar surface area (TPSA) is 171 Å². The molecule has 10 nitrogen and oxygen atoms in total. The standard InChI is InChI=1S/C19H26N4O6S2/c20-13(8-11-3-5-12(24)6-4-11)17(26)23-14-9-30-31-10-15(19(28)29)22-16(25)2-1-7-21-18(14)27/h3-6,13-15,24H,1-2,7-10,20H2,(H,21,27)(H,22,25)(H,23,26)(H,28,29)/t13-,14-,15-/m0/s1. The number of aliphatic carboxylic acids is 1. The lowest BCUT2D eigenvalue weighted by Crippen LogP contribution is -2.53. The number of phenols is 1. The van der Waals surface area contributed by atoms with Gasteiger partial charge in [0.1, 0.15) is 17.8 Å². The van der Waals surface area contributed by atoms with Crippen LogP contribution in [0.1, 0.15) is 18.4 Å². The molecule has 0 aliphatic carbocycles.